The van der Waals surface area contributed by atoms with E-state index >= 15 is 0 Å². The van der Waals surface area contributed by atoms with E-state index < -0.39 is 0 Å². The molecule has 0 radical (unpaired) electrons. The van der Waals surface area contributed by atoms with Gasteiger partial charge in [-0.05, 0) is 62.6 Å². The zero-order valence-electron chi connectivity index (χ0n) is 14.5. The van der Waals surface area contributed by atoms with Crippen molar-refractivity contribution in [2.75, 3.05) is 24.7 Å². The van der Waals surface area contributed by atoms with Crippen molar-refractivity contribution in [3.63, 3.8) is 0 Å². The highest BCUT2D eigenvalue weighted by atomic mass is 35.5. The summed E-state index contributed by atoms with van der Waals surface area (Å²) in [6, 6.07) is 12.2. The summed E-state index contributed by atoms with van der Waals surface area (Å²) in [4.78, 5) is 27.5. The molecular weight excluding hydrogens is 356 g/mol. The maximum absolute atomic E-state index is 12.4. The van der Waals surface area contributed by atoms with Crippen molar-refractivity contribution in [2.24, 2.45) is 0 Å². The predicted molar refractivity (Wildman–Crippen MR) is 105 cm³/mol. The molecule has 1 N–H and O–H groups in total. The second-order valence-electron chi connectivity index (χ2n) is 5.35. The van der Waals surface area contributed by atoms with Gasteiger partial charge in [0.1, 0.15) is 0 Å². The fraction of sp³-hybridized carbons (Fsp3) is 0.263. The number of anilines is 1. The molecule has 0 atom stereocenters. The molecule has 2 aromatic rings. The van der Waals surface area contributed by atoms with Gasteiger partial charge in [0.25, 0.3) is 11.8 Å². The lowest BCUT2D eigenvalue weighted by Crippen LogP contribution is -2.30. The van der Waals surface area contributed by atoms with Gasteiger partial charge in [0, 0.05) is 29.2 Å². The molecule has 4 nitrogen and oxygen atoms in total. The summed E-state index contributed by atoms with van der Waals surface area (Å²) in [6.45, 7) is 5.22. The Balaban J connectivity index is 2.13. The number of amides is 2. The number of nitrogens with one attached hydrogen (secondary N) is 1. The van der Waals surface area contributed by atoms with Gasteiger partial charge in [0.15, 0.2) is 0 Å². The maximum atomic E-state index is 12.4. The monoisotopic (exact) mass is 376 g/mol. The molecule has 0 aromatic heterocycles. The average molecular weight is 377 g/mol. The van der Waals surface area contributed by atoms with Crippen LogP contribution in [-0.4, -0.2) is 36.1 Å². The first-order chi connectivity index (χ1) is 12.0. The first-order valence-corrected chi connectivity index (χ1v) is 9.64. The number of hydrogen-bond acceptors (Lipinski definition) is 3. The minimum absolute atomic E-state index is 0.0152. The van der Waals surface area contributed by atoms with Crippen molar-refractivity contribution in [2.45, 2.75) is 18.7 Å². The van der Waals surface area contributed by atoms with Crippen LogP contribution in [-0.2, 0) is 0 Å². The third-order valence-corrected chi connectivity index (χ3v) is 4.91. The number of hydrogen-bond donors (Lipinski definition) is 1. The normalized spacial score (nSPS) is 10.4. The summed E-state index contributed by atoms with van der Waals surface area (Å²) in [6.07, 6.45) is 1.94. The summed E-state index contributed by atoms with van der Waals surface area (Å²) in [5.41, 5.74) is 1.65. The van der Waals surface area contributed by atoms with Crippen molar-refractivity contribution < 1.29 is 9.59 Å². The number of halogens is 1. The van der Waals surface area contributed by atoms with E-state index in [1.165, 1.54) is 0 Å². The Bertz CT molecular complexity index is 759. The Morgan fingerprint density at radius 3 is 2.28 bits per heavy atom. The van der Waals surface area contributed by atoms with E-state index in [1.54, 1.807) is 53.1 Å². The first-order valence-electron chi connectivity index (χ1n) is 8.04. The first kappa shape index (κ1) is 19.3. The third kappa shape index (κ3) is 4.77. The quantitative estimate of drug-likeness (QED) is 0.737. The number of benzene rings is 2. The standard InChI is InChI=1S/C19H21ClN2O2S/c1-4-22(5-2)19(24)13-6-8-14(9-7-13)21-18(23)16-12-15(25-3)10-11-17(16)20/h6-12H,4-5H2,1-3H3,(H,21,23). The van der Waals surface area contributed by atoms with Gasteiger partial charge >= 0.3 is 0 Å². The topological polar surface area (TPSA) is 49.4 Å². The highest BCUT2D eigenvalue weighted by Crippen LogP contribution is 2.24. The Hall–Kier alpha value is -1.98. The predicted octanol–water partition coefficient (Wildman–Crippen LogP) is 4.80. The van der Waals surface area contributed by atoms with E-state index in [0.717, 1.165) is 4.90 Å². The summed E-state index contributed by atoms with van der Waals surface area (Å²) in [5.74, 6) is -0.290. The van der Waals surface area contributed by atoms with Crippen LogP contribution in [0.15, 0.2) is 47.4 Å². The van der Waals surface area contributed by atoms with E-state index in [-0.39, 0.29) is 11.8 Å². The summed E-state index contributed by atoms with van der Waals surface area (Å²) in [5, 5.41) is 3.22. The van der Waals surface area contributed by atoms with E-state index in [0.29, 0.717) is 34.9 Å². The van der Waals surface area contributed by atoms with Crippen LogP contribution in [0.3, 0.4) is 0 Å². The minimum Gasteiger partial charge on any atom is -0.339 e. The number of carbonyl (C=O) groups excluding carboxylic acids is 2. The molecule has 0 aliphatic rings. The van der Waals surface area contributed by atoms with Crippen molar-refractivity contribution in [1.29, 1.82) is 0 Å². The van der Waals surface area contributed by atoms with E-state index in [4.69, 9.17) is 11.6 Å². The molecule has 2 aromatic carbocycles. The van der Waals surface area contributed by atoms with Gasteiger partial charge in [-0.15, -0.1) is 11.8 Å². The van der Waals surface area contributed by atoms with Gasteiger partial charge in [-0.1, -0.05) is 11.6 Å². The van der Waals surface area contributed by atoms with Crippen LogP contribution in [0.25, 0.3) is 0 Å². The molecule has 0 bridgehead atoms. The zero-order valence-corrected chi connectivity index (χ0v) is 16.1. The molecule has 0 fully saturated rings. The summed E-state index contributed by atoms with van der Waals surface area (Å²) < 4.78 is 0. The Labute approximate surface area is 157 Å². The Morgan fingerprint density at radius 2 is 1.72 bits per heavy atom. The van der Waals surface area contributed by atoms with Gasteiger partial charge in [-0.3, -0.25) is 9.59 Å². The van der Waals surface area contributed by atoms with Crippen molar-refractivity contribution in [3.8, 4) is 0 Å². The SMILES string of the molecule is CCN(CC)C(=O)c1ccc(NC(=O)c2cc(SC)ccc2Cl)cc1. The highest BCUT2D eigenvalue weighted by Gasteiger charge is 2.14. The Morgan fingerprint density at radius 1 is 1.08 bits per heavy atom. The number of thioether (sulfide) groups is 1. The minimum atomic E-state index is -0.274. The van der Waals surface area contributed by atoms with Crippen LogP contribution in [0.4, 0.5) is 5.69 Å². The van der Waals surface area contributed by atoms with Crippen LogP contribution in [0.2, 0.25) is 5.02 Å². The smallest absolute Gasteiger partial charge is 0.257 e. The van der Waals surface area contributed by atoms with Crippen LogP contribution in [0.5, 0.6) is 0 Å². The molecule has 0 saturated heterocycles. The molecule has 0 spiro atoms. The molecule has 132 valence electrons. The zero-order chi connectivity index (χ0) is 18.4. The molecule has 25 heavy (non-hydrogen) atoms. The van der Waals surface area contributed by atoms with Crippen molar-refractivity contribution in [1.82, 2.24) is 4.90 Å². The highest BCUT2D eigenvalue weighted by molar-refractivity contribution is 7.98. The van der Waals surface area contributed by atoms with Crippen LogP contribution in [0.1, 0.15) is 34.6 Å². The fourth-order valence-electron chi connectivity index (χ4n) is 2.39. The second-order valence-corrected chi connectivity index (χ2v) is 6.64. The van der Waals surface area contributed by atoms with Crippen LogP contribution < -0.4 is 5.32 Å². The lowest BCUT2D eigenvalue weighted by molar-refractivity contribution is 0.0773. The molecule has 2 amide bonds. The number of rotatable bonds is 6. The third-order valence-electron chi connectivity index (χ3n) is 3.86. The van der Waals surface area contributed by atoms with E-state index in [2.05, 4.69) is 5.32 Å². The van der Waals surface area contributed by atoms with Gasteiger partial charge in [0.2, 0.25) is 0 Å². The molecule has 0 unspecified atom stereocenters. The Kier molecular flexibility index (Phi) is 6.91. The van der Waals surface area contributed by atoms with E-state index in [9.17, 15) is 9.59 Å². The largest absolute Gasteiger partial charge is 0.339 e. The van der Waals surface area contributed by atoms with Crippen LogP contribution in [0, 0.1) is 0 Å². The van der Waals surface area contributed by atoms with Gasteiger partial charge in [-0.25, -0.2) is 0 Å². The van der Waals surface area contributed by atoms with E-state index in [1.807, 2.05) is 26.2 Å². The second kappa shape index (κ2) is 8.92. The summed E-state index contributed by atoms with van der Waals surface area (Å²) in [7, 11) is 0. The molecule has 6 heteroatoms. The molecule has 0 aliphatic carbocycles. The average Bonchev–Trinajstić information content (AvgIpc) is 2.63. The molecule has 0 aliphatic heterocycles. The lowest BCUT2D eigenvalue weighted by atomic mass is 10.1. The number of carbonyl (C=O) groups is 2. The lowest BCUT2D eigenvalue weighted by Gasteiger charge is -2.18. The molecule has 2 rings (SSSR count). The number of nitrogens with zero attached hydrogens (tertiary/aromatic N) is 1. The van der Waals surface area contributed by atoms with Crippen LogP contribution >= 0.6 is 23.4 Å². The van der Waals surface area contributed by atoms with Gasteiger partial charge in [-0.2, -0.15) is 0 Å². The maximum Gasteiger partial charge on any atom is 0.257 e. The molecular formula is C19H21ClN2O2S. The van der Waals surface area contributed by atoms with Crippen molar-refractivity contribution >= 4 is 40.9 Å². The van der Waals surface area contributed by atoms with Gasteiger partial charge < -0.3 is 10.2 Å². The fourth-order valence-corrected chi connectivity index (χ4v) is 3.04. The molecule has 0 saturated carbocycles. The summed E-state index contributed by atoms with van der Waals surface area (Å²) >= 11 is 7.67. The van der Waals surface area contributed by atoms with Crippen molar-refractivity contribution in [3.05, 3.63) is 58.6 Å². The van der Waals surface area contributed by atoms with Gasteiger partial charge in [0.05, 0.1) is 10.6 Å². The molecule has 0 heterocycles.